The molecule has 13 heteroatoms. The van der Waals surface area contributed by atoms with Crippen LogP contribution in [0.5, 0.6) is 0 Å². The van der Waals surface area contributed by atoms with E-state index in [4.69, 9.17) is 0 Å². The summed E-state index contributed by atoms with van der Waals surface area (Å²) in [5, 5.41) is 13.5. The second-order valence-electron chi connectivity index (χ2n) is 12.2. The van der Waals surface area contributed by atoms with Gasteiger partial charge in [-0.2, -0.15) is 5.10 Å². The summed E-state index contributed by atoms with van der Waals surface area (Å²) < 4.78 is 31.1. The Bertz CT molecular complexity index is 2080. The number of amides is 1. The van der Waals surface area contributed by atoms with Crippen molar-refractivity contribution < 1.29 is 13.6 Å². The van der Waals surface area contributed by atoms with E-state index < -0.39 is 5.82 Å². The second-order valence-corrected chi connectivity index (χ2v) is 12.2. The number of fused-ring (bicyclic) bond motifs is 2. The zero-order chi connectivity index (χ0) is 32.5. The molecule has 1 aliphatic rings. The van der Waals surface area contributed by atoms with E-state index in [1.54, 1.807) is 24.5 Å². The quantitative estimate of drug-likeness (QED) is 0.143. The van der Waals surface area contributed by atoms with Gasteiger partial charge in [-0.3, -0.25) is 14.9 Å². The average molecular weight is 637 g/mol. The van der Waals surface area contributed by atoms with Gasteiger partial charge in [0.1, 0.15) is 17.3 Å². The van der Waals surface area contributed by atoms with E-state index in [9.17, 15) is 9.18 Å². The summed E-state index contributed by atoms with van der Waals surface area (Å²) in [4.78, 5) is 35.8. The Balaban J connectivity index is 1.22. The SMILES string of the molecule is CN(C)CCNc1cc(F)cc(-c2ccnc3nc(-c4[nH]nc5ncc(-c6cncc(NC(=O)C7CCCCC7)c6)c(F)c45)[nH]c23)c1. The number of nitrogens with zero attached hydrogens (tertiary/aromatic N) is 6. The third-order valence-corrected chi connectivity index (χ3v) is 8.54. The number of carbonyl (C=O) groups excluding carboxylic acids is 1. The van der Waals surface area contributed by atoms with Crippen LogP contribution >= 0.6 is 0 Å². The van der Waals surface area contributed by atoms with Gasteiger partial charge in [0.15, 0.2) is 17.1 Å². The molecule has 4 N–H and O–H groups in total. The molecule has 1 saturated carbocycles. The molecule has 0 unspecified atom stereocenters. The monoisotopic (exact) mass is 636 g/mol. The third kappa shape index (κ3) is 6.26. The molecule has 0 aliphatic heterocycles. The number of pyridine rings is 3. The Hall–Kier alpha value is -5.30. The van der Waals surface area contributed by atoms with E-state index in [1.807, 2.05) is 25.1 Å². The van der Waals surface area contributed by atoms with Crippen molar-refractivity contribution in [1.82, 2.24) is 40.0 Å². The Morgan fingerprint density at radius 2 is 1.79 bits per heavy atom. The van der Waals surface area contributed by atoms with Crippen LogP contribution < -0.4 is 10.6 Å². The summed E-state index contributed by atoms with van der Waals surface area (Å²) in [5.74, 6) is -0.715. The number of nitrogens with one attached hydrogen (secondary N) is 4. The van der Waals surface area contributed by atoms with E-state index in [-0.39, 0.29) is 39.9 Å². The molecule has 0 spiro atoms. The number of H-pyrrole nitrogens is 2. The highest BCUT2D eigenvalue weighted by molar-refractivity contribution is 5.97. The molecule has 47 heavy (non-hydrogen) atoms. The first-order chi connectivity index (χ1) is 22.8. The van der Waals surface area contributed by atoms with Crippen molar-refractivity contribution in [2.45, 2.75) is 32.1 Å². The predicted octanol–water partition coefficient (Wildman–Crippen LogP) is 6.40. The number of hydrogen-bond acceptors (Lipinski definition) is 8. The molecule has 0 atom stereocenters. The lowest BCUT2D eigenvalue weighted by molar-refractivity contribution is -0.120. The van der Waals surface area contributed by atoms with Crippen LogP contribution in [0.3, 0.4) is 0 Å². The predicted molar refractivity (Wildman–Crippen MR) is 178 cm³/mol. The number of imidazole rings is 1. The highest BCUT2D eigenvalue weighted by atomic mass is 19.1. The van der Waals surface area contributed by atoms with Crippen LogP contribution in [0.2, 0.25) is 0 Å². The van der Waals surface area contributed by atoms with Gasteiger partial charge >= 0.3 is 0 Å². The van der Waals surface area contributed by atoms with Gasteiger partial charge in [-0.05, 0) is 62.8 Å². The first kappa shape index (κ1) is 30.4. The fourth-order valence-corrected chi connectivity index (χ4v) is 6.13. The first-order valence-corrected chi connectivity index (χ1v) is 15.7. The standard InChI is InChI=1S/C34H34F2N10O/c1-46(2)11-10-38-23-13-20(12-22(35)15-23)25-8-9-39-32-29(25)42-33(43-32)30-27-28(36)26(18-40-31(27)45-44-30)21-14-24(17-37-16-21)41-34(47)19-6-4-3-5-7-19/h8-9,12-19,38H,3-7,10-11H2,1-2H3,(H,41,47)(H,39,42,43)(H,40,44,45). The number of rotatable bonds is 9. The Morgan fingerprint density at radius 1 is 0.957 bits per heavy atom. The maximum Gasteiger partial charge on any atom is 0.227 e. The largest absolute Gasteiger partial charge is 0.384 e. The average Bonchev–Trinajstić information content (AvgIpc) is 3.70. The smallest absolute Gasteiger partial charge is 0.227 e. The highest BCUT2D eigenvalue weighted by Crippen LogP contribution is 2.35. The van der Waals surface area contributed by atoms with Gasteiger partial charge in [0.25, 0.3) is 0 Å². The molecule has 5 heterocycles. The zero-order valence-corrected chi connectivity index (χ0v) is 26.1. The molecule has 0 radical (unpaired) electrons. The van der Waals surface area contributed by atoms with Crippen molar-refractivity contribution in [2.75, 3.05) is 37.8 Å². The number of carbonyl (C=O) groups is 1. The van der Waals surface area contributed by atoms with Gasteiger partial charge < -0.3 is 20.5 Å². The molecule has 7 rings (SSSR count). The Kier molecular flexibility index (Phi) is 8.29. The zero-order valence-electron chi connectivity index (χ0n) is 26.1. The van der Waals surface area contributed by atoms with E-state index in [2.05, 4.69) is 45.8 Å². The van der Waals surface area contributed by atoms with E-state index in [0.29, 0.717) is 51.6 Å². The number of benzene rings is 1. The number of likely N-dealkylation sites (N-methyl/N-ethyl adjacent to an activating group) is 1. The lowest BCUT2D eigenvalue weighted by Gasteiger charge is -2.20. The maximum absolute atomic E-state index is 16.3. The van der Waals surface area contributed by atoms with Crippen LogP contribution in [-0.2, 0) is 4.79 Å². The number of hydrogen-bond donors (Lipinski definition) is 4. The highest BCUT2D eigenvalue weighted by Gasteiger charge is 2.23. The summed E-state index contributed by atoms with van der Waals surface area (Å²) in [6, 6.07) is 8.25. The number of aromatic amines is 2. The van der Waals surface area contributed by atoms with Gasteiger partial charge in [0.2, 0.25) is 5.91 Å². The van der Waals surface area contributed by atoms with Crippen LogP contribution in [0.4, 0.5) is 20.2 Å². The van der Waals surface area contributed by atoms with Crippen molar-refractivity contribution in [3.8, 4) is 33.8 Å². The number of aromatic nitrogens is 7. The topological polar surface area (TPSA) is 140 Å². The van der Waals surface area contributed by atoms with Crippen molar-refractivity contribution in [3.63, 3.8) is 0 Å². The normalized spacial score (nSPS) is 13.9. The van der Waals surface area contributed by atoms with Crippen molar-refractivity contribution in [1.29, 1.82) is 0 Å². The van der Waals surface area contributed by atoms with Gasteiger partial charge in [-0.25, -0.2) is 23.7 Å². The molecular formula is C34H34F2N10O. The molecule has 11 nitrogen and oxygen atoms in total. The summed E-state index contributed by atoms with van der Waals surface area (Å²) >= 11 is 0. The van der Waals surface area contributed by atoms with E-state index in [1.165, 1.54) is 24.5 Å². The fraction of sp³-hybridized carbons (Fsp3) is 0.294. The van der Waals surface area contributed by atoms with E-state index >= 15 is 4.39 Å². The summed E-state index contributed by atoms with van der Waals surface area (Å²) in [5.41, 5.74) is 4.52. The van der Waals surface area contributed by atoms with Crippen molar-refractivity contribution >= 4 is 39.5 Å². The number of anilines is 2. The molecule has 1 aliphatic carbocycles. The minimum absolute atomic E-state index is 0.0258. The van der Waals surface area contributed by atoms with Crippen LogP contribution in [-0.4, -0.2) is 73.1 Å². The van der Waals surface area contributed by atoms with Crippen LogP contribution in [0, 0.1) is 17.6 Å². The first-order valence-electron chi connectivity index (χ1n) is 15.7. The lowest BCUT2D eigenvalue weighted by Crippen LogP contribution is -2.24. The van der Waals surface area contributed by atoms with Crippen molar-refractivity contribution in [3.05, 3.63) is 66.8 Å². The molecule has 0 bridgehead atoms. The van der Waals surface area contributed by atoms with Gasteiger partial charge in [0.05, 0.1) is 22.8 Å². The van der Waals surface area contributed by atoms with Crippen LogP contribution in [0.15, 0.2) is 55.1 Å². The minimum atomic E-state index is -0.566. The minimum Gasteiger partial charge on any atom is -0.384 e. The van der Waals surface area contributed by atoms with Gasteiger partial charge in [-0.1, -0.05) is 19.3 Å². The summed E-state index contributed by atoms with van der Waals surface area (Å²) in [6.07, 6.45) is 11.1. The van der Waals surface area contributed by atoms with E-state index in [0.717, 1.165) is 38.6 Å². The molecule has 1 fully saturated rings. The molecule has 1 aromatic carbocycles. The molecule has 5 aromatic heterocycles. The maximum atomic E-state index is 16.3. The molecule has 0 saturated heterocycles. The van der Waals surface area contributed by atoms with Crippen LogP contribution in [0.1, 0.15) is 32.1 Å². The summed E-state index contributed by atoms with van der Waals surface area (Å²) in [7, 11) is 3.95. The fourth-order valence-electron chi connectivity index (χ4n) is 6.13. The molecular weight excluding hydrogens is 602 g/mol. The lowest BCUT2D eigenvalue weighted by atomic mass is 9.88. The van der Waals surface area contributed by atoms with Crippen LogP contribution in [0.25, 0.3) is 56.0 Å². The molecule has 6 aromatic rings. The Morgan fingerprint density at radius 3 is 2.62 bits per heavy atom. The van der Waals surface area contributed by atoms with Gasteiger partial charge in [0, 0.05) is 60.0 Å². The third-order valence-electron chi connectivity index (χ3n) is 8.54. The van der Waals surface area contributed by atoms with Gasteiger partial charge in [-0.15, -0.1) is 0 Å². The second kappa shape index (κ2) is 12.8. The van der Waals surface area contributed by atoms with Crippen molar-refractivity contribution in [2.24, 2.45) is 5.92 Å². The number of halogens is 2. The molecule has 1 amide bonds. The Labute approximate surface area is 269 Å². The summed E-state index contributed by atoms with van der Waals surface area (Å²) in [6.45, 7) is 1.44. The molecule has 240 valence electrons.